The van der Waals surface area contributed by atoms with E-state index >= 15 is 0 Å². The monoisotopic (exact) mass is 849 g/mol. The van der Waals surface area contributed by atoms with Crippen molar-refractivity contribution in [2.75, 3.05) is 55.6 Å². The van der Waals surface area contributed by atoms with Crippen molar-refractivity contribution in [1.82, 2.24) is 30.4 Å². The number of hydrogen-bond donors (Lipinski definition) is 2. The smallest absolute Gasteiger partial charge is 0.262 e. The standard InChI is InChI=1S/C45H52ClN9O6/c1-25-36(38(58)51-41-44(3,4)42(45(41,5)6)61-30-9-7-28(23-47)33(46)22-30)26(2)49-43(48-25)54-15-13-27(14-16-54)24-52-17-19-53(20-18-52)29-8-10-31-32(21-29)40(60)55(39(31)59)34-11-12-35(56)50-37(34)57/h7-10,21-22,27,34,41-42H,11-20,24H2,1-6H3,(H,51,58)(H,50,56,57). The summed E-state index contributed by atoms with van der Waals surface area (Å²) in [4.78, 5) is 82.1. The lowest BCUT2D eigenvalue weighted by Gasteiger charge is -2.63. The number of carbonyl (C=O) groups is 5. The van der Waals surface area contributed by atoms with Crippen molar-refractivity contribution < 1.29 is 28.7 Å². The van der Waals surface area contributed by atoms with Crippen LogP contribution in [-0.4, -0.2) is 113 Å². The van der Waals surface area contributed by atoms with Crippen LogP contribution in [0.3, 0.4) is 0 Å². The third-order valence-corrected chi connectivity index (χ3v) is 13.8. The van der Waals surface area contributed by atoms with Gasteiger partial charge in [0.05, 0.1) is 38.7 Å². The van der Waals surface area contributed by atoms with Gasteiger partial charge in [-0.1, -0.05) is 39.3 Å². The van der Waals surface area contributed by atoms with Crippen LogP contribution in [0.25, 0.3) is 0 Å². The zero-order valence-corrected chi connectivity index (χ0v) is 36.3. The molecule has 0 spiro atoms. The number of halogens is 1. The summed E-state index contributed by atoms with van der Waals surface area (Å²) in [6, 6.07) is 11.3. The van der Waals surface area contributed by atoms with E-state index in [4.69, 9.17) is 26.3 Å². The number of nitrogens with one attached hydrogen (secondary N) is 2. The Kier molecular flexibility index (Phi) is 11.1. The van der Waals surface area contributed by atoms with Crippen molar-refractivity contribution in [2.24, 2.45) is 16.7 Å². The number of hydrogen-bond acceptors (Lipinski definition) is 12. The molecule has 1 saturated carbocycles. The first kappa shape index (κ1) is 42.1. The number of benzene rings is 2. The van der Waals surface area contributed by atoms with Gasteiger partial charge in [0.15, 0.2) is 0 Å². The summed E-state index contributed by atoms with van der Waals surface area (Å²) >= 11 is 6.27. The molecule has 5 amide bonds. The molecule has 2 N–H and O–H groups in total. The van der Waals surface area contributed by atoms with E-state index in [1.165, 1.54) is 0 Å². The predicted molar refractivity (Wildman–Crippen MR) is 228 cm³/mol. The van der Waals surface area contributed by atoms with E-state index < -0.39 is 40.5 Å². The van der Waals surface area contributed by atoms with E-state index in [-0.39, 0.29) is 36.5 Å². The zero-order valence-electron chi connectivity index (χ0n) is 35.5. The van der Waals surface area contributed by atoms with Crippen LogP contribution < -0.4 is 25.2 Å². The Labute approximate surface area is 360 Å². The third-order valence-electron chi connectivity index (χ3n) is 13.5. The summed E-state index contributed by atoms with van der Waals surface area (Å²) in [7, 11) is 0. The molecule has 1 aliphatic carbocycles. The lowest BCUT2D eigenvalue weighted by atomic mass is 9.49. The topological polar surface area (TPSA) is 181 Å². The van der Waals surface area contributed by atoms with Crippen LogP contribution >= 0.6 is 11.6 Å². The maximum absolute atomic E-state index is 13.9. The number of nitrogens with zero attached hydrogens (tertiary/aromatic N) is 7. The summed E-state index contributed by atoms with van der Waals surface area (Å²) in [5.41, 5.74) is 2.79. The number of imide groups is 2. The fourth-order valence-corrected chi connectivity index (χ4v) is 10.7. The van der Waals surface area contributed by atoms with Gasteiger partial charge in [-0.25, -0.2) is 9.97 Å². The Hall–Kier alpha value is -5.59. The second kappa shape index (κ2) is 16.0. The van der Waals surface area contributed by atoms with Crippen LogP contribution in [0.5, 0.6) is 5.75 Å². The van der Waals surface area contributed by atoms with Gasteiger partial charge in [-0.05, 0) is 69.4 Å². The molecular formula is C45H52ClN9O6. The van der Waals surface area contributed by atoms with Gasteiger partial charge >= 0.3 is 0 Å². The number of amides is 5. The van der Waals surface area contributed by atoms with E-state index in [2.05, 4.69) is 59.1 Å². The van der Waals surface area contributed by atoms with Crippen molar-refractivity contribution in [2.45, 2.75) is 85.4 Å². The maximum atomic E-state index is 13.9. The number of ether oxygens (including phenoxy) is 1. The van der Waals surface area contributed by atoms with Gasteiger partial charge in [0.2, 0.25) is 17.8 Å². The average Bonchev–Trinajstić information content (AvgIpc) is 3.47. The van der Waals surface area contributed by atoms with Crippen LogP contribution in [0, 0.1) is 41.9 Å². The summed E-state index contributed by atoms with van der Waals surface area (Å²) in [6.45, 7) is 18.0. The van der Waals surface area contributed by atoms with Crippen molar-refractivity contribution >= 4 is 52.8 Å². The molecule has 16 heteroatoms. The number of nitriles is 1. The number of aromatic nitrogens is 2. The molecule has 5 aliphatic rings. The van der Waals surface area contributed by atoms with Crippen molar-refractivity contribution in [1.29, 1.82) is 5.26 Å². The number of fused-ring (bicyclic) bond motifs is 1. The average molecular weight is 850 g/mol. The van der Waals surface area contributed by atoms with Gasteiger partial charge < -0.3 is 19.9 Å². The number of carbonyl (C=O) groups excluding carboxylic acids is 5. The normalized spacial score (nSPS) is 23.9. The molecule has 1 atom stereocenters. The minimum atomic E-state index is -0.983. The van der Waals surface area contributed by atoms with Crippen LogP contribution in [0.4, 0.5) is 11.6 Å². The second-order valence-electron chi connectivity index (χ2n) is 18.3. The van der Waals surface area contributed by atoms with Crippen LogP contribution in [0.2, 0.25) is 5.02 Å². The Balaban J connectivity index is 0.819. The zero-order chi connectivity index (χ0) is 43.5. The number of anilines is 2. The SMILES string of the molecule is Cc1nc(N2CCC(CN3CCN(c4ccc5c(c4)C(=O)N(C4CCC(=O)NC4=O)C5=O)CC3)CC2)nc(C)c1C(=O)NC1C(C)(C)C(Oc2ccc(C#N)c(Cl)c2)C1(C)C. The summed E-state index contributed by atoms with van der Waals surface area (Å²) in [5, 5.41) is 15.1. The highest BCUT2D eigenvalue weighted by Crippen LogP contribution is 2.55. The highest BCUT2D eigenvalue weighted by atomic mass is 35.5. The Morgan fingerprint density at radius 3 is 2.16 bits per heavy atom. The molecule has 0 radical (unpaired) electrons. The molecule has 320 valence electrons. The first-order valence-corrected chi connectivity index (χ1v) is 21.5. The Bertz CT molecular complexity index is 2320. The molecule has 5 heterocycles. The maximum Gasteiger partial charge on any atom is 0.262 e. The molecule has 2 aromatic carbocycles. The second-order valence-corrected chi connectivity index (χ2v) is 18.7. The molecule has 15 nitrogen and oxygen atoms in total. The molecular weight excluding hydrogens is 798 g/mol. The van der Waals surface area contributed by atoms with E-state index in [0.717, 1.165) is 69.2 Å². The molecule has 8 rings (SSSR count). The first-order valence-electron chi connectivity index (χ1n) is 21.1. The van der Waals surface area contributed by atoms with E-state index in [1.54, 1.807) is 30.3 Å². The van der Waals surface area contributed by atoms with Gasteiger partial charge in [-0.15, -0.1) is 0 Å². The van der Waals surface area contributed by atoms with Crippen LogP contribution in [0.15, 0.2) is 36.4 Å². The number of piperazine rings is 1. The first-order chi connectivity index (χ1) is 29.0. The number of piperidine rings is 2. The molecule has 0 bridgehead atoms. The summed E-state index contributed by atoms with van der Waals surface area (Å²) < 4.78 is 6.41. The van der Waals surface area contributed by atoms with Crippen molar-refractivity contribution in [3.05, 3.63) is 75.1 Å². The Morgan fingerprint density at radius 2 is 1.54 bits per heavy atom. The number of aryl methyl sites for hydroxylation is 2. The summed E-state index contributed by atoms with van der Waals surface area (Å²) in [6.07, 6.45) is 1.99. The third kappa shape index (κ3) is 7.69. The van der Waals surface area contributed by atoms with E-state index in [9.17, 15) is 29.2 Å². The number of rotatable bonds is 9. The molecule has 4 fully saturated rings. The minimum Gasteiger partial charge on any atom is -0.489 e. The lowest BCUT2D eigenvalue weighted by molar-refractivity contribution is -0.164. The highest BCUT2D eigenvalue weighted by Gasteiger charge is 2.64. The highest BCUT2D eigenvalue weighted by molar-refractivity contribution is 6.31. The predicted octanol–water partition coefficient (Wildman–Crippen LogP) is 4.67. The van der Waals surface area contributed by atoms with E-state index in [1.807, 2.05) is 19.9 Å². The lowest BCUT2D eigenvalue weighted by Crippen LogP contribution is -2.74. The minimum absolute atomic E-state index is 0.0840. The van der Waals surface area contributed by atoms with Gasteiger partial charge in [0.25, 0.3) is 17.7 Å². The fraction of sp³-hybridized carbons (Fsp3) is 0.511. The van der Waals surface area contributed by atoms with Gasteiger partial charge in [-0.3, -0.25) is 39.1 Å². The van der Waals surface area contributed by atoms with Crippen molar-refractivity contribution in [3.8, 4) is 11.8 Å². The van der Waals surface area contributed by atoms with Crippen LogP contribution in [0.1, 0.15) is 101 Å². The molecule has 3 saturated heterocycles. The molecule has 4 aliphatic heterocycles. The quantitative estimate of drug-likeness (QED) is 0.285. The summed E-state index contributed by atoms with van der Waals surface area (Å²) in [5.74, 6) is -0.466. The molecule has 61 heavy (non-hydrogen) atoms. The van der Waals surface area contributed by atoms with Crippen LogP contribution in [-0.2, 0) is 9.59 Å². The largest absolute Gasteiger partial charge is 0.489 e. The molecule has 3 aromatic rings. The molecule has 1 aromatic heterocycles. The van der Waals surface area contributed by atoms with Crippen molar-refractivity contribution in [3.63, 3.8) is 0 Å². The fourth-order valence-electron chi connectivity index (χ4n) is 10.5. The Morgan fingerprint density at radius 1 is 0.885 bits per heavy atom. The van der Waals surface area contributed by atoms with Gasteiger partial charge in [0, 0.05) is 80.9 Å². The van der Waals surface area contributed by atoms with Gasteiger partial charge in [0.1, 0.15) is 24.0 Å². The van der Waals surface area contributed by atoms with Gasteiger partial charge in [-0.2, -0.15) is 5.26 Å². The van der Waals surface area contributed by atoms with E-state index in [0.29, 0.717) is 50.7 Å². The molecule has 1 unspecified atom stereocenters.